The highest BCUT2D eigenvalue weighted by Crippen LogP contribution is 2.39. The van der Waals surface area contributed by atoms with Gasteiger partial charge in [0.05, 0.1) is 5.69 Å². The normalized spacial score (nSPS) is 23.3. The fraction of sp³-hybridized carbons (Fsp3) is 0.556. The van der Waals surface area contributed by atoms with Gasteiger partial charge in [-0.2, -0.15) is 4.68 Å². The van der Waals surface area contributed by atoms with E-state index in [1.54, 1.807) is 11.7 Å². The van der Waals surface area contributed by atoms with Crippen molar-refractivity contribution < 1.29 is 4.79 Å². The van der Waals surface area contributed by atoms with Crippen molar-refractivity contribution in [1.29, 1.82) is 0 Å². The standard InChI is InChI=1S/C18H26N6O/c1-12-7-9-18(10-8-12,20-17(25)19-4)16-21-22-23-24(16)15-6-5-13(2)11-14(15)3/h5-6,11-12H,7-10H2,1-4H3,(H2,19,20,25). The van der Waals surface area contributed by atoms with E-state index in [9.17, 15) is 4.79 Å². The smallest absolute Gasteiger partial charge is 0.315 e. The summed E-state index contributed by atoms with van der Waals surface area (Å²) in [6, 6.07) is 5.99. The number of rotatable bonds is 3. The fourth-order valence-corrected chi connectivity index (χ4v) is 3.63. The van der Waals surface area contributed by atoms with E-state index in [0.29, 0.717) is 11.7 Å². The third kappa shape index (κ3) is 3.36. The summed E-state index contributed by atoms with van der Waals surface area (Å²) in [5, 5.41) is 18.3. The van der Waals surface area contributed by atoms with Crippen LogP contribution < -0.4 is 10.6 Å². The van der Waals surface area contributed by atoms with Gasteiger partial charge in [-0.05, 0) is 67.5 Å². The lowest BCUT2D eigenvalue weighted by atomic mass is 9.76. The van der Waals surface area contributed by atoms with E-state index in [0.717, 1.165) is 36.9 Å². The minimum Gasteiger partial charge on any atom is -0.341 e. The van der Waals surface area contributed by atoms with E-state index in [1.165, 1.54) is 5.56 Å². The summed E-state index contributed by atoms with van der Waals surface area (Å²) in [6.07, 6.45) is 3.72. The van der Waals surface area contributed by atoms with Gasteiger partial charge >= 0.3 is 6.03 Å². The Morgan fingerprint density at radius 3 is 2.64 bits per heavy atom. The highest BCUT2D eigenvalue weighted by atomic mass is 16.2. The predicted octanol–water partition coefficient (Wildman–Crippen LogP) is 2.61. The fourth-order valence-electron chi connectivity index (χ4n) is 3.63. The first-order valence-electron chi connectivity index (χ1n) is 8.81. The van der Waals surface area contributed by atoms with Gasteiger partial charge in [0.25, 0.3) is 0 Å². The molecule has 2 amide bonds. The number of carbonyl (C=O) groups is 1. The second-order valence-electron chi connectivity index (χ2n) is 7.17. The summed E-state index contributed by atoms with van der Waals surface area (Å²) >= 11 is 0. The first-order valence-corrected chi connectivity index (χ1v) is 8.81. The topological polar surface area (TPSA) is 84.7 Å². The predicted molar refractivity (Wildman–Crippen MR) is 95.5 cm³/mol. The summed E-state index contributed by atoms with van der Waals surface area (Å²) in [5.74, 6) is 1.35. The maximum absolute atomic E-state index is 12.1. The minimum absolute atomic E-state index is 0.204. The van der Waals surface area contributed by atoms with Crippen LogP contribution in [-0.4, -0.2) is 33.3 Å². The van der Waals surface area contributed by atoms with Crippen molar-refractivity contribution in [1.82, 2.24) is 30.8 Å². The molecule has 1 aromatic heterocycles. The number of nitrogens with zero attached hydrogens (tertiary/aromatic N) is 4. The van der Waals surface area contributed by atoms with Crippen LogP contribution in [0.15, 0.2) is 18.2 Å². The third-order valence-electron chi connectivity index (χ3n) is 5.19. The largest absolute Gasteiger partial charge is 0.341 e. The number of aryl methyl sites for hydroxylation is 2. The lowest BCUT2D eigenvalue weighted by Gasteiger charge is -2.38. The molecular weight excluding hydrogens is 316 g/mol. The molecule has 1 saturated carbocycles. The Kier molecular flexibility index (Phi) is 4.74. The summed E-state index contributed by atoms with van der Waals surface area (Å²) in [4.78, 5) is 12.1. The molecule has 1 aromatic carbocycles. The second-order valence-corrected chi connectivity index (χ2v) is 7.17. The Labute approximate surface area is 148 Å². The highest BCUT2D eigenvalue weighted by molar-refractivity contribution is 5.74. The van der Waals surface area contributed by atoms with E-state index in [1.807, 2.05) is 6.07 Å². The van der Waals surface area contributed by atoms with Crippen molar-refractivity contribution in [3.05, 3.63) is 35.2 Å². The highest BCUT2D eigenvalue weighted by Gasteiger charge is 2.42. The molecule has 0 radical (unpaired) electrons. The number of hydrogen-bond acceptors (Lipinski definition) is 4. The van der Waals surface area contributed by atoms with Crippen molar-refractivity contribution in [3.8, 4) is 5.69 Å². The van der Waals surface area contributed by atoms with Crippen LogP contribution in [0.1, 0.15) is 49.6 Å². The van der Waals surface area contributed by atoms with Gasteiger partial charge in [0.15, 0.2) is 5.82 Å². The molecule has 1 aliphatic carbocycles. The number of hydrogen-bond donors (Lipinski definition) is 2. The SMILES string of the molecule is CNC(=O)NC1(c2nnnn2-c2ccc(C)cc2C)CCC(C)CC1. The monoisotopic (exact) mass is 342 g/mol. The van der Waals surface area contributed by atoms with Crippen LogP contribution >= 0.6 is 0 Å². The Bertz CT molecular complexity index is 761. The number of tetrazole rings is 1. The molecule has 2 aromatic rings. The van der Waals surface area contributed by atoms with Gasteiger partial charge in [-0.1, -0.05) is 24.6 Å². The van der Waals surface area contributed by atoms with E-state index in [-0.39, 0.29) is 6.03 Å². The quantitative estimate of drug-likeness (QED) is 0.898. The molecule has 1 heterocycles. The molecule has 25 heavy (non-hydrogen) atoms. The van der Waals surface area contributed by atoms with Gasteiger partial charge in [0, 0.05) is 7.05 Å². The lowest BCUT2D eigenvalue weighted by molar-refractivity contribution is 0.177. The van der Waals surface area contributed by atoms with Gasteiger partial charge in [-0.25, -0.2) is 4.79 Å². The second kappa shape index (κ2) is 6.82. The van der Waals surface area contributed by atoms with Crippen LogP contribution in [0.5, 0.6) is 0 Å². The van der Waals surface area contributed by atoms with Crippen LogP contribution in [0, 0.1) is 19.8 Å². The first-order chi connectivity index (χ1) is 11.9. The molecule has 1 fully saturated rings. The van der Waals surface area contributed by atoms with E-state index in [2.05, 4.69) is 59.1 Å². The van der Waals surface area contributed by atoms with E-state index >= 15 is 0 Å². The van der Waals surface area contributed by atoms with Crippen molar-refractivity contribution in [2.75, 3.05) is 7.05 Å². The van der Waals surface area contributed by atoms with E-state index in [4.69, 9.17) is 0 Å². The van der Waals surface area contributed by atoms with Crippen LogP contribution in [0.4, 0.5) is 4.79 Å². The van der Waals surface area contributed by atoms with Crippen molar-refractivity contribution >= 4 is 6.03 Å². The molecule has 0 atom stereocenters. The molecule has 0 bridgehead atoms. The molecule has 0 aliphatic heterocycles. The van der Waals surface area contributed by atoms with Crippen LogP contribution in [-0.2, 0) is 5.54 Å². The molecule has 0 spiro atoms. The number of carbonyl (C=O) groups excluding carboxylic acids is 1. The lowest BCUT2D eigenvalue weighted by Crippen LogP contribution is -2.52. The van der Waals surface area contributed by atoms with Crippen molar-refractivity contribution in [2.45, 2.75) is 52.0 Å². The van der Waals surface area contributed by atoms with Crippen LogP contribution in [0.25, 0.3) is 5.69 Å². The Hall–Kier alpha value is -2.44. The van der Waals surface area contributed by atoms with Gasteiger partial charge in [0.2, 0.25) is 0 Å². The average Bonchev–Trinajstić information content (AvgIpc) is 3.07. The molecule has 7 nitrogen and oxygen atoms in total. The molecule has 7 heteroatoms. The number of amides is 2. The summed E-state index contributed by atoms with van der Waals surface area (Å²) in [7, 11) is 1.63. The third-order valence-corrected chi connectivity index (χ3v) is 5.19. The molecule has 2 N–H and O–H groups in total. The number of nitrogens with one attached hydrogen (secondary N) is 2. The molecule has 0 saturated heterocycles. The van der Waals surface area contributed by atoms with Gasteiger partial charge < -0.3 is 10.6 Å². The number of urea groups is 1. The Morgan fingerprint density at radius 2 is 2.00 bits per heavy atom. The van der Waals surface area contributed by atoms with Crippen LogP contribution in [0.2, 0.25) is 0 Å². The molecule has 3 rings (SSSR count). The minimum atomic E-state index is -0.548. The maximum atomic E-state index is 12.1. The van der Waals surface area contributed by atoms with E-state index < -0.39 is 5.54 Å². The average molecular weight is 342 g/mol. The van der Waals surface area contributed by atoms with Crippen molar-refractivity contribution in [2.24, 2.45) is 5.92 Å². The molecule has 1 aliphatic rings. The molecular formula is C18H26N6O. The number of benzene rings is 1. The number of aromatic nitrogens is 4. The molecule has 134 valence electrons. The molecule has 0 unspecified atom stereocenters. The van der Waals surface area contributed by atoms with Gasteiger partial charge in [-0.15, -0.1) is 5.10 Å². The van der Waals surface area contributed by atoms with Crippen LogP contribution in [0.3, 0.4) is 0 Å². The van der Waals surface area contributed by atoms with Gasteiger partial charge in [0.1, 0.15) is 5.54 Å². The zero-order chi connectivity index (χ0) is 18.0. The Morgan fingerprint density at radius 1 is 1.28 bits per heavy atom. The summed E-state index contributed by atoms with van der Waals surface area (Å²) < 4.78 is 1.78. The Balaban J connectivity index is 2.06. The van der Waals surface area contributed by atoms with Crippen molar-refractivity contribution in [3.63, 3.8) is 0 Å². The zero-order valence-corrected chi connectivity index (χ0v) is 15.3. The van der Waals surface area contributed by atoms with Gasteiger partial charge in [-0.3, -0.25) is 0 Å². The summed E-state index contributed by atoms with van der Waals surface area (Å²) in [6.45, 7) is 6.36. The maximum Gasteiger partial charge on any atom is 0.315 e. The zero-order valence-electron chi connectivity index (χ0n) is 15.3. The first kappa shape index (κ1) is 17.4. The summed E-state index contributed by atoms with van der Waals surface area (Å²) in [5.41, 5.74) is 2.70.